The number of anilines is 1. The van der Waals surface area contributed by atoms with Gasteiger partial charge in [0, 0.05) is 29.0 Å². The lowest BCUT2D eigenvalue weighted by molar-refractivity contribution is 0.687. The van der Waals surface area contributed by atoms with Crippen molar-refractivity contribution in [2.45, 2.75) is 4.90 Å². The van der Waals surface area contributed by atoms with Crippen LogP contribution in [0.25, 0.3) is 10.2 Å². The zero-order valence-corrected chi connectivity index (χ0v) is 9.54. The molecular formula is C9H10N2OS2. The Morgan fingerprint density at radius 3 is 2.93 bits per heavy atom. The summed E-state index contributed by atoms with van der Waals surface area (Å²) in [4.78, 5) is 5.19. The predicted octanol–water partition coefficient (Wildman–Crippen LogP) is 2.08. The average Bonchev–Trinajstić information content (AvgIpc) is 2.58. The molecule has 0 saturated heterocycles. The van der Waals surface area contributed by atoms with Crippen LogP contribution in [0.4, 0.5) is 5.13 Å². The minimum Gasteiger partial charge on any atom is -0.365 e. The molecule has 0 amide bonds. The van der Waals surface area contributed by atoms with Crippen LogP contribution < -0.4 is 5.32 Å². The molecule has 0 aliphatic heterocycles. The van der Waals surface area contributed by atoms with E-state index in [-0.39, 0.29) is 0 Å². The largest absolute Gasteiger partial charge is 0.365 e. The SMILES string of the molecule is CNc1nc2ccc(S(C)=O)cc2s1. The highest BCUT2D eigenvalue weighted by Crippen LogP contribution is 2.26. The van der Waals surface area contributed by atoms with E-state index in [9.17, 15) is 4.21 Å². The fraction of sp³-hybridized carbons (Fsp3) is 0.222. The Bertz CT molecular complexity index is 493. The molecule has 74 valence electrons. The van der Waals surface area contributed by atoms with Crippen LogP contribution in [-0.4, -0.2) is 22.5 Å². The Morgan fingerprint density at radius 2 is 2.29 bits per heavy atom. The van der Waals surface area contributed by atoms with Gasteiger partial charge in [-0.3, -0.25) is 4.21 Å². The van der Waals surface area contributed by atoms with Crippen LogP contribution in [0.3, 0.4) is 0 Å². The molecule has 14 heavy (non-hydrogen) atoms. The smallest absolute Gasteiger partial charge is 0.183 e. The maximum Gasteiger partial charge on any atom is 0.183 e. The first kappa shape index (κ1) is 9.61. The maximum absolute atomic E-state index is 11.2. The van der Waals surface area contributed by atoms with E-state index in [1.54, 1.807) is 17.6 Å². The second-order valence-electron chi connectivity index (χ2n) is 2.85. The highest BCUT2D eigenvalue weighted by molar-refractivity contribution is 7.84. The number of hydrogen-bond donors (Lipinski definition) is 1. The van der Waals surface area contributed by atoms with Crippen molar-refractivity contribution >= 4 is 37.5 Å². The Balaban J connectivity index is 2.59. The summed E-state index contributed by atoms with van der Waals surface area (Å²) in [5.74, 6) is 0. The number of hydrogen-bond acceptors (Lipinski definition) is 4. The Labute approximate surface area is 88.6 Å². The maximum atomic E-state index is 11.2. The van der Waals surface area contributed by atoms with Gasteiger partial charge in [-0.1, -0.05) is 11.3 Å². The number of aromatic nitrogens is 1. The van der Waals surface area contributed by atoms with Crippen LogP contribution in [0.5, 0.6) is 0 Å². The zero-order chi connectivity index (χ0) is 10.1. The van der Waals surface area contributed by atoms with Gasteiger partial charge < -0.3 is 5.32 Å². The molecule has 0 aliphatic carbocycles. The first-order valence-electron chi connectivity index (χ1n) is 4.12. The van der Waals surface area contributed by atoms with Gasteiger partial charge in [-0.25, -0.2) is 4.98 Å². The summed E-state index contributed by atoms with van der Waals surface area (Å²) in [5, 5.41) is 3.88. The van der Waals surface area contributed by atoms with Crippen molar-refractivity contribution in [2.24, 2.45) is 0 Å². The topological polar surface area (TPSA) is 42.0 Å². The van der Waals surface area contributed by atoms with Gasteiger partial charge in [0.1, 0.15) is 0 Å². The molecule has 0 fully saturated rings. The van der Waals surface area contributed by atoms with Crippen LogP contribution >= 0.6 is 11.3 Å². The van der Waals surface area contributed by atoms with Gasteiger partial charge in [-0.2, -0.15) is 0 Å². The molecule has 1 aromatic heterocycles. The third kappa shape index (κ3) is 1.65. The second-order valence-corrected chi connectivity index (χ2v) is 5.26. The van der Waals surface area contributed by atoms with E-state index in [1.165, 1.54) is 0 Å². The van der Waals surface area contributed by atoms with Gasteiger partial charge in [-0.05, 0) is 18.2 Å². The molecule has 5 heteroatoms. The van der Waals surface area contributed by atoms with E-state index < -0.39 is 10.8 Å². The third-order valence-electron chi connectivity index (χ3n) is 1.91. The first-order chi connectivity index (χ1) is 6.70. The molecule has 0 aliphatic rings. The molecule has 1 heterocycles. The van der Waals surface area contributed by atoms with E-state index in [4.69, 9.17) is 0 Å². The van der Waals surface area contributed by atoms with Crippen molar-refractivity contribution in [1.29, 1.82) is 0 Å². The van der Waals surface area contributed by atoms with Gasteiger partial charge in [0.25, 0.3) is 0 Å². The summed E-state index contributed by atoms with van der Waals surface area (Å²) in [6.07, 6.45) is 1.68. The van der Waals surface area contributed by atoms with E-state index in [0.717, 1.165) is 20.2 Å². The van der Waals surface area contributed by atoms with Crippen molar-refractivity contribution in [3.8, 4) is 0 Å². The molecule has 1 aromatic carbocycles. The zero-order valence-electron chi connectivity index (χ0n) is 7.90. The van der Waals surface area contributed by atoms with Crippen molar-refractivity contribution in [2.75, 3.05) is 18.6 Å². The molecular weight excluding hydrogens is 216 g/mol. The normalized spacial score (nSPS) is 13.0. The van der Waals surface area contributed by atoms with Gasteiger partial charge in [0.2, 0.25) is 0 Å². The molecule has 2 rings (SSSR count). The van der Waals surface area contributed by atoms with Gasteiger partial charge >= 0.3 is 0 Å². The highest BCUT2D eigenvalue weighted by atomic mass is 32.2. The summed E-state index contributed by atoms with van der Waals surface area (Å²) in [7, 11) is 0.925. The summed E-state index contributed by atoms with van der Waals surface area (Å²) in [5.41, 5.74) is 0.952. The number of rotatable bonds is 2. The van der Waals surface area contributed by atoms with Crippen molar-refractivity contribution < 1.29 is 4.21 Å². The second kappa shape index (κ2) is 3.67. The van der Waals surface area contributed by atoms with Crippen LogP contribution in [0.1, 0.15) is 0 Å². The van der Waals surface area contributed by atoms with E-state index in [1.807, 2.05) is 25.2 Å². The molecule has 1 atom stereocenters. The van der Waals surface area contributed by atoms with E-state index >= 15 is 0 Å². The van der Waals surface area contributed by atoms with Crippen LogP contribution in [0.2, 0.25) is 0 Å². The Kier molecular flexibility index (Phi) is 2.52. The minimum absolute atomic E-state index is 0.851. The minimum atomic E-state index is -0.919. The monoisotopic (exact) mass is 226 g/mol. The quantitative estimate of drug-likeness (QED) is 0.852. The van der Waals surface area contributed by atoms with Crippen molar-refractivity contribution in [3.05, 3.63) is 18.2 Å². The lowest BCUT2D eigenvalue weighted by Crippen LogP contribution is -1.85. The lowest BCUT2D eigenvalue weighted by Gasteiger charge is -1.93. The van der Waals surface area contributed by atoms with Gasteiger partial charge in [0.05, 0.1) is 10.2 Å². The first-order valence-corrected chi connectivity index (χ1v) is 6.50. The van der Waals surface area contributed by atoms with Crippen LogP contribution in [0.15, 0.2) is 23.1 Å². The summed E-state index contributed by atoms with van der Waals surface area (Å²) >= 11 is 1.57. The number of nitrogens with zero attached hydrogens (tertiary/aromatic N) is 1. The van der Waals surface area contributed by atoms with Gasteiger partial charge in [0.15, 0.2) is 5.13 Å². The number of thiazole rings is 1. The number of nitrogens with one attached hydrogen (secondary N) is 1. The Morgan fingerprint density at radius 1 is 1.50 bits per heavy atom. The predicted molar refractivity (Wildman–Crippen MR) is 61.5 cm³/mol. The molecule has 1 unspecified atom stereocenters. The van der Waals surface area contributed by atoms with E-state index in [2.05, 4.69) is 10.3 Å². The molecule has 0 radical (unpaired) electrons. The van der Waals surface area contributed by atoms with Crippen molar-refractivity contribution in [3.63, 3.8) is 0 Å². The molecule has 1 N–H and O–H groups in total. The van der Waals surface area contributed by atoms with Gasteiger partial charge in [-0.15, -0.1) is 0 Å². The summed E-state index contributed by atoms with van der Waals surface area (Å²) in [6.45, 7) is 0. The highest BCUT2D eigenvalue weighted by Gasteiger charge is 2.04. The van der Waals surface area contributed by atoms with E-state index in [0.29, 0.717) is 0 Å². The molecule has 0 saturated carbocycles. The third-order valence-corrected chi connectivity index (χ3v) is 3.86. The molecule has 0 spiro atoms. The van der Waals surface area contributed by atoms with Crippen molar-refractivity contribution in [1.82, 2.24) is 4.98 Å². The molecule has 0 bridgehead atoms. The fourth-order valence-corrected chi connectivity index (χ4v) is 2.67. The van der Waals surface area contributed by atoms with Crippen LogP contribution in [0, 0.1) is 0 Å². The molecule has 3 nitrogen and oxygen atoms in total. The Hall–Kier alpha value is -0.940. The number of fused-ring (bicyclic) bond motifs is 1. The number of benzene rings is 1. The lowest BCUT2D eigenvalue weighted by atomic mass is 10.3. The summed E-state index contributed by atoms with van der Waals surface area (Å²) < 4.78 is 12.3. The standard InChI is InChI=1S/C9H10N2OS2/c1-10-9-11-7-4-3-6(14(2)12)5-8(7)13-9/h3-5H,1-2H3,(H,10,11). The average molecular weight is 226 g/mol. The summed E-state index contributed by atoms with van der Waals surface area (Å²) in [6, 6.07) is 5.70. The molecule has 2 aromatic rings. The fourth-order valence-electron chi connectivity index (χ4n) is 1.19. The van der Waals surface area contributed by atoms with Crippen LogP contribution in [-0.2, 0) is 10.8 Å².